The van der Waals surface area contributed by atoms with Gasteiger partial charge in [-0.05, 0) is 34.8 Å². The number of aromatic nitrogens is 3. The first-order chi connectivity index (χ1) is 13.3. The predicted molar refractivity (Wildman–Crippen MR) is 103 cm³/mol. The second kappa shape index (κ2) is 7.86. The van der Waals surface area contributed by atoms with Crippen molar-refractivity contribution in [2.75, 3.05) is 13.2 Å². The second-order valence-corrected chi connectivity index (χ2v) is 6.31. The Morgan fingerprint density at radius 3 is 2.48 bits per heavy atom. The molecule has 0 bridgehead atoms. The molecular formula is C21H20N4O2. The summed E-state index contributed by atoms with van der Waals surface area (Å²) < 4.78 is 5.49. The smallest absolute Gasteiger partial charge is 0.407 e. The number of fused-ring (bicyclic) bond motifs is 3. The average Bonchev–Trinajstić information content (AvgIpc) is 3.32. The maximum Gasteiger partial charge on any atom is 0.407 e. The quantitative estimate of drug-likeness (QED) is 0.656. The van der Waals surface area contributed by atoms with E-state index in [9.17, 15) is 4.79 Å². The summed E-state index contributed by atoms with van der Waals surface area (Å²) in [6.45, 7) is 0.828. The third-order valence-corrected chi connectivity index (χ3v) is 4.63. The zero-order chi connectivity index (χ0) is 18.5. The van der Waals surface area contributed by atoms with Crippen LogP contribution in [0.5, 0.6) is 0 Å². The van der Waals surface area contributed by atoms with Gasteiger partial charge >= 0.3 is 6.09 Å². The van der Waals surface area contributed by atoms with Gasteiger partial charge < -0.3 is 10.1 Å². The number of aromatic amines is 1. The van der Waals surface area contributed by atoms with Gasteiger partial charge in [0.15, 0.2) is 0 Å². The fraction of sp³-hybridized carbons (Fsp3) is 0.190. The first-order valence-corrected chi connectivity index (χ1v) is 8.93. The Balaban J connectivity index is 1.30. The molecule has 3 aromatic rings. The van der Waals surface area contributed by atoms with Crippen LogP contribution in [0.15, 0.2) is 60.9 Å². The van der Waals surface area contributed by atoms with Gasteiger partial charge in [-0.25, -0.2) is 9.78 Å². The minimum atomic E-state index is -0.398. The number of carbonyl (C=O) groups is 1. The fourth-order valence-electron chi connectivity index (χ4n) is 3.40. The standard InChI is InChI=1S/C21H20N4O2/c26-21(22-12-6-5-11-20-23-14-24-25-20)27-13-19-17-9-3-1-7-15(17)16-8-2-4-10-18(16)19/h1-5,7-11,14,19H,6,12-13H2,(H,22,26)(H,23,24,25). The van der Waals surface area contributed by atoms with Gasteiger partial charge in [0.25, 0.3) is 0 Å². The van der Waals surface area contributed by atoms with E-state index in [0.29, 0.717) is 25.4 Å². The summed E-state index contributed by atoms with van der Waals surface area (Å²) in [6, 6.07) is 16.6. The van der Waals surface area contributed by atoms with Crippen LogP contribution < -0.4 is 5.32 Å². The molecule has 0 unspecified atom stereocenters. The van der Waals surface area contributed by atoms with Gasteiger partial charge in [0.05, 0.1) is 0 Å². The normalized spacial score (nSPS) is 12.7. The minimum absolute atomic E-state index is 0.0782. The predicted octanol–water partition coefficient (Wildman–Crippen LogP) is 3.75. The molecule has 0 aliphatic heterocycles. The largest absolute Gasteiger partial charge is 0.449 e. The van der Waals surface area contributed by atoms with Crippen molar-refractivity contribution in [2.24, 2.45) is 0 Å². The number of alkyl carbamates (subject to hydrolysis) is 1. The first kappa shape index (κ1) is 17.0. The highest BCUT2D eigenvalue weighted by atomic mass is 16.5. The molecule has 0 spiro atoms. The molecule has 4 rings (SSSR count). The number of amides is 1. The van der Waals surface area contributed by atoms with Crippen LogP contribution in [0.3, 0.4) is 0 Å². The van der Waals surface area contributed by atoms with Gasteiger partial charge in [-0.2, -0.15) is 5.10 Å². The van der Waals surface area contributed by atoms with Crippen LogP contribution in [0.4, 0.5) is 4.79 Å². The topological polar surface area (TPSA) is 79.9 Å². The number of ether oxygens (including phenoxy) is 1. The van der Waals surface area contributed by atoms with Crippen LogP contribution in [-0.2, 0) is 4.74 Å². The van der Waals surface area contributed by atoms with Gasteiger partial charge in [0.1, 0.15) is 18.8 Å². The summed E-state index contributed by atoms with van der Waals surface area (Å²) in [7, 11) is 0. The second-order valence-electron chi connectivity index (χ2n) is 6.31. The van der Waals surface area contributed by atoms with Gasteiger partial charge in [0, 0.05) is 12.5 Å². The molecule has 2 aromatic carbocycles. The molecule has 1 aromatic heterocycles. The zero-order valence-corrected chi connectivity index (χ0v) is 14.8. The molecule has 1 amide bonds. The lowest BCUT2D eigenvalue weighted by Crippen LogP contribution is -2.26. The van der Waals surface area contributed by atoms with Crippen molar-refractivity contribution < 1.29 is 9.53 Å². The SMILES string of the molecule is O=C(NCCC=Cc1ncn[nH]1)OCC1c2ccccc2-c2ccccc21. The molecule has 1 aliphatic carbocycles. The highest BCUT2D eigenvalue weighted by Crippen LogP contribution is 2.44. The van der Waals surface area contributed by atoms with E-state index in [0.717, 1.165) is 0 Å². The molecule has 0 saturated carbocycles. The van der Waals surface area contributed by atoms with E-state index in [4.69, 9.17) is 4.74 Å². The molecule has 1 aliphatic rings. The number of rotatable bonds is 6. The lowest BCUT2D eigenvalue weighted by Gasteiger charge is -2.14. The molecule has 2 N–H and O–H groups in total. The van der Waals surface area contributed by atoms with Crippen molar-refractivity contribution >= 4 is 12.2 Å². The Bertz CT molecular complexity index is 905. The third-order valence-electron chi connectivity index (χ3n) is 4.63. The summed E-state index contributed by atoms with van der Waals surface area (Å²) in [5, 5.41) is 9.29. The molecule has 6 nitrogen and oxygen atoms in total. The Labute approximate surface area is 157 Å². The third kappa shape index (κ3) is 3.74. The Kier molecular flexibility index (Phi) is 4.96. The number of carbonyl (C=O) groups excluding carboxylic acids is 1. The van der Waals surface area contributed by atoms with Crippen LogP contribution in [-0.4, -0.2) is 34.4 Å². The van der Waals surface area contributed by atoms with Crippen molar-refractivity contribution in [3.8, 4) is 11.1 Å². The highest BCUT2D eigenvalue weighted by molar-refractivity contribution is 5.79. The summed E-state index contributed by atoms with van der Waals surface area (Å²) in [4.78, 5) is 16.0. The van der Waals surface area contributed by atoms with E-state index in [1.807, 2.05) is 36.4 Å². The van der Waals surface area contributed by atoms with E-state index >= 15 is 0 Å². The van der Waals surface area contributed by atoms with Crippen LogP contribution in [0.2, 0.25) is 0 Å². The lowest BCUT2D eigenvalue weighted by molar-refractivity contribution is 0.143. The van der Waals surface area contributed by atoms with Crippen molar-refractivity contribution in [3.05, 3.63) is 77.9 Å². The van der Waals surface area contributed by atoms with Crippen molar-refractivity contribution in [1.82, 2.24) is 20.5 Å². The molecule has 6 heteroatoms. The van der Waals surface area contributed by atoms with E-state index < -0.39 is 6.09 Å². The van der Waals surface area contributed by atoms with Gasteiger partial charge in [-0.3, -0.25) is 5.10 Å². The number of nitrogens with one attached hydrogen (secondary N) is 2. The van der Waals surface area contributed by atoms with Crippen molar-refractivity contribution in [2.45, 2.75) is 12.3 Å². The summed E-state index contributed by atoms with van der Waals surface area (Å²) >= 11 is 0. The van der Waals surface area contributed by atoms with Gasteiger partial charge in [0.2, 0.25) is 0 Å². The summed E-state index contributed by atoms with van der Waals surface area (Å²) in [6.07, 6.45) is 5.49. The Hall–Kier alpha value is -3.41. The fourth-order valence-corrected chi connectivity index (χ4v) is 3.40. The van der Waals surface area contributed by atoms with E-state index in [1.54, 1.807) is 0 Å². The maximum absolute atomic E-state index is 12.0. The molecule has 0 saturated heterocycles. The highest BCUT2D eigenvalue weighted by Gasteiger charge is 2.28. The molecular weight excluding hydrogens is 340 g/mol. The number of benzene rings is 2. The molecule has 0 atom stereocenters. The number of nitrogens with zero attached hydrogens (tertiary/aromatic N) is 2. The first-order valence-electron chi connectivity index (χ1n) is 8.93. The Morgan fingerprint density at radius 2 is 1.81 bits per heavy atom. The summed E-state index contributed by atoms with van der Waals surface area (Å²) in [5.74, 6) is 0.769. The molecule has 1 heterocycles. The molecule has 0 fully saturated rings. The van der Waals surface area contributed by atoms with Crippen LogP contribution in [0, 0.1) is 0 Å². The van der Waals surface area contributed by atoms with Crippen LogP contribution in [0.1, 0.15) is 29.3 Å². The van der Waals surface area contributed by atoms with Crippen molar-refractivity contribution in [3.63, 3.8) is 0 Å². The van der Waals surface area contributed by atoms with E-state index in [2.05, 4.69) is 44.8 Å². The van der Waals surface area contributed by atoms with Crippen LogP contribution >= 0.6 is 0 Å². The minimum Gasteiger partial charge on any atom is -0.449 e. The lowest BCUT2D eigenvalue weighted by atomic mass is 9.98. The molecule has 0 radical (unpaired) electrons. The zero-order valence-electron chi connectivity index (χ0n) is 14.8. The molecule has 136 valence electrons. The van der Waals surface area contributed by atoms with Crippen molar-refractivity contribution in [1.29, 1.82) is 0 Å². The van der Waals surface area contributed by atoms with E-state index in [1.165, 1.54) is 28.6 Å². The average molecular weight is 360 g/mol. The Morgan fingerprint density at radius 1 is 1.11 bits per heavy atom. The number of H-pyrrole nitrogens is 1. The summed E-state index contributed by atoms with van der Waals surface area (Å²) in [5.41, 5.74) is 4.86. The van der Waals surface area contributed by atoms with Gasteiger partial charge in [-0.15, -0.1) is 0 Å². The van der Waals surface area contributed by atoms with E-state index in [-0.39, 0.29) is 5.92 Å². The maximum atomic E-state index is 12.0. The van der Waals surface area contributed by atoms with Gasteiger partial charge in [-0.1, -0.05) is 54.6 Å². The van der Waals surface area contributed by atoms with Crippen LogP contribution in [0.25, 0.3) is 17.2 Å². The monoisotopic (exact) mass is 360 g/mol. The number of hydrogen-bond acceptors (Lipinski definition) is 4. The number of hydrogen-bond donors (Lipinski definition) is 2. The molecule has 27 heavy (non-hydrogen) atoms.